The summed E-state index contributed by atoms with van der Waals surface area (Å²) in [5, 5.41) is 2.39. The van der Waals surface area contributed by atoms with Crippen molar-refractivity contribution in [2.75, 3.05) is 0 Å². The molecule has 0 bridgehead atoms. The van der Waals surface area contributed by atoms with Gasteiger partial charge in [0, 0.05) is 33.2 Å². The lowest BCUT2D eigenvalue weighted by Crippen LogP contribution is -2.25. The third-order valence-electron chi connectivity index (χ3n) is 13.1. The quantitative estimate of drug-likeness (QED) is 0.174. The van der Waals surface area contributed by atoms with Crippen LogP contribution in [0.15, 0.2) is 218 Å². The van der Waals surface area contributed by atoms with Gasteiger partial charge in [0.2, 0.25) is 0 Å². The normalized spacial score (nSPS) is 13.0. The smallest absolute Gasteiger partial charge is 0.164 e. The SMILES string of the molecule is c1ccc(-c2nc(-c3ccc(-c4cccc5c4-c4ccccc4C54c5ccccc5-c5ccccc54)cc3)nc(-c3ccc4c5ccccc5n(-c5ccccc5)c4c3)n2)cc1. The van der Waals surface area contributed by atoms with Crippen LogP contribution in [0.5, 0.6) is 0 Å². The Bertz CT molecular complexity index is 3520. The first-order chi connectivity index (χ1) is 30.8. The molecule has 9 aromatic carbocycles. The Morgan fingerprint density at radius 1 is 0.306 bits per heavy atom. The lowest BCUT2D eigenvalue weighted by molar-refractivity contribution is 0.794. The summed E-state index contributed by atoms with van der Waals surface area (Å²) in [6.45, 7) is 0. The van der Waals surface area contributed by atoms with Crippen molar-refractivity contribution in [3.05, 3.63) is 241 Å². The molecule has 0 atom stereocenters. The maximum Gasteiger partial charge on any atom is 0.164 e. The number of para-hydroxylation sites is 2. The van der Waals surface area contributed by atoms with Gasteiger partial charge < -0.3 is 4.57 Å². The van der Waals surface area contributed by atoms with Crippen molar-refractivity contribution < 1.29 is 0 Å². The molecule has 13 rings (SSSR count). The molecule has 2 aliphatic carbocycles. The van der Waals surface area contributed by atoms with Crippen LogP contribution in [-0.2, 0) is 5.41 Å². The van der Waals surface area contributed by atoms with Crippen LogP contribution < -0.4 is 0 Å². The first-order valence-electron chi connectivity index (χ1n) is 21.2. The van der Waals surface area contributed by atoms with E-state index in [0.29, 0.717) is 17.5 Å². The van der Waals surface area contributed by atoms with E-state index >= 15 is 0 Å². The number of benzene rings is 9. The van der Waals surface area contributed by atoms with E-state index in [4.69, 9.17) is 15.0 Å². The molecule has 2 heterocycles. The van der Waals surface area contributed by atoms with Gasteiger partial charge in [-0.3, -0.25) is 0 Å². The Hall–Kier alpha value is -8.21. The fraction of sp³-hybridized carbons (Fsp3) is 0.0172. The van der Waals surface area contributed by atoms with Crippen molar-refractivity contribution in [2.45, 2.75) is 5.41 Å². The molecule has 2 aromatic heterocycles. The average Bonchev–Trinajstić information content (AvgIpc) is 3.96. The number of hydrogen-bond acceptors (Lipinski definition) is 3. The monoisotopic (exact) mass is 788 g/mol. The van der Waals surface area contributed by atoms with Crippen molar-refractivity contribution in [3.8, 4) is 73.2 Å². The number of fused-ring (bicyclic) bond motifs is 13. The van der Waals surface area contributed by atoms with E-state index in [1.54, 1.807) is 0 Å². The summed E-state index contributed by atoms with van der Waals surface area (Å²) in [5.74, 6) is 1.90. The zero-order valence-corrected chi connectivity index (χ0v) is 33.6. The minimum absolute atomic E-state index is 0.386. The number of hydrogen-bond donors (Lipinski definition) is 0. The molecule has 0 fully saturated rings. The first-order valence-corrected chi connectivity index (χ1v) is 21.2. The van der Waals surface area contributed by atoms with Crippen LogP contribution in [0.3, 0.4) is 0 Å². The molecule has 62 heavy (non-hydrogen) atoms. The van der Waals surface area contributed by atoms with E-state index in [2.05, 4.69) is 205 Å². The van der Waals surface area contributed by atoms with Gasteiger partial charge in [-0.2, -0.15) is 0 Å². The molecule has 0 aliphatic heterocycles. The maximum absolute atomic E-state index is 5.21. The van der Waals surface area contributed by atoms with Gasteiger partial charge in [-0.1, -0.05) is 194 Å². The lowest BCUT2D eigenvalue weighted by atomic mass is 9.70. The zero-order chi connectivity index (χ0) is 40.8. The van der Waals surface area contributed by atoms with Gasteiger partial charge in [0.1, 0.15) is 0 Å². The van der Waals surface area contributed by atoms with E-state index in [0.717, 1.165) is 39.0 Å². The Kier molecular flexibility index (Phi) is 7.49. The number of aromatic nitrogens is 4. The topological polar surface area (TPSA) is 43.6 Å². The predicted octanol–water partition coefficient (Wildman–Crippen LogP) is 14.0. The third kappa shape index (κ3) is 4.92. The minimum Gasteiger partial charge on any atom is -0.309 e. The largest absolute Gasteiger partial charge is 0.309 e. The molecule has 0 amide bonds. The molecule has 0 radical (unpaired) electrons. The van der Waals surface area contributed by atoms with Crippen LogP contribution in [0, 0.1) is 0 Å². The van der Waals surface area contributed by atoms with Crippen LogP contribution in [-0.4, -0.2) is 19.5 Å². The van der Waals surface area contributed by atoms with Crippen LogP contribution in [0.25, 0.3) is 95.0 Å². The first kappa shape index (κ1) is 34.6. The molecule has 1 spiro atoms. The van der Waals surface area contributed by atoms with Crippen molar-refractivity contribution in [3.63, 3.8) is 0 Å². The van der Waals surface area contributed by atoms with E-state index in [-0.39, 0.29) is 5.41 Å². The Morgan fingerprint density at radius 2 is 0.774 bits per heavy atom. The molecule has 0 saturated carbocycles. The van der Waals surface area contributed by atoms with Crippen molar-refractivity contribution in [1.29, 1.82) is 0 Å². The van der Waals surface area contributed by atoms with E-state index in [1.807, 2.05) is 18.2 Å². The molecule has 11 aromatic rings. The molecule has 0 unspecified atom stereocenters. The van der Waals surface area contributed by atoms with Gasteiger partial charge in [0.15, 0.2) is 17.5 Å². The van der Waals surface area contributed by atoms with Crippen molar-refractivity contribution >= 4 is 21.8 Å². The lowest BCUT2D eigenvalue weighted by Gasteiger charge is -2.30. The summed E-state index contributed by atoms with van der Waals surface area (Å²) in [4.78, 5) is 15.5. The average molecular weight is 789 g/mol. The summed E-state index contributed by atoms with van der Waals surface area (Å²) in [6, 6.07) is 78.5. The minimum atomic E-state index is -0.386. The molecule has 4 heteroatoms. The van der Waals surface area contributed by atoms with Gasteiger partial charge in [0.25, 0.3) is 0 Å². The van der Waals surface area contributed by atoms with Crippen LogP contribution >= 0.6 is 0 Å². The second-order valence-corrected chi connectivity index (χ2v) is 16.3. The number of nitrogens with zero attached hydrogens (tertiary/aromatic N) is 4. The van der Waals surface area contributed by atoms with Crippen molar-refractivity contribution in [2.24, 2.45) is 0 Å². The summed E-state index contributed by atoms with van der Waals surface area (Å²) in [5.41, 5.74) is 18.7. The van der Waals surface area contributed by atoms with Crippen molar-refractivity contribution in [1.82, 2.24) is 19.5 Å². The molecule has 0 saturated heterocycles. The number of rotatable bonds is 5. The van der Waals surface area contributed by atoms with Gasteiger partial charge in [0.05, 0.1) is 16.4 Å². The van der Waals surface area contributed by atoms with Crippen LogP contribution in [0.1, 0.15) is 22.3 Å². The molecule has 0 N–H and O–H groups in total. The highest BCUT2D eigenvalue weighted by molar-refractivity contribution is 6.10. The van der Waals surface area contributed by atoms with Crippen LogP contribution in [0.4, 0.5) is 0 Å². The highest BCUT2D eigenvalue weighted by atomic mass is 15.0. The highest BCUT2D eigenvalue weighted by Crippen LogP contribution is 2.63. The second-order valence-electron chi connectivity index (χ2n) is 16.3. The molecule has 288 valence electrons. The Labute approximate surface area is 359 Å². The zero-order valence-electron chi connectivity index (χ0n) is 33.6. The fourth-order valence-electron chi connectivity index (χ4n) is 10.5. The Morgan fingerprint density at radius 3 is 1.47 bits per heavy atom. The van der Waals surface area contributed by atoms with E-state index < -0.39 is 0 Å². The van der Waals surface area contributed by atoms with E-state index in [1.165, 1.54) is 60.8 Å². The molecular weight excluding hydrogens is 753 g/mol. The third-order valence-corrected chi connectivity index (χ3v) is 13.1. The Balaban J connectivity index is 0.956. The van der Waals surface area contributed by atoms with E-state index in [9.17, 15) is 0 Å². The standard InChI is InChI=1S/C58H36N4/c1-3-16-38(17-4-1)55-59-56(61-57(60-55)40-34-35-46-45-22-10-14-29-52(45)62(53(46)36-40)41-18-5-2-6-19-41)39-32-30-37(31-33-39)42-24-15-28-51-54(42)47-23-9-13-27-50(47)58(51)48-25-11-7-20-43(48)44-21-8-12-26-49(44)58/h1-36H. The summed E-state index contributed by atoms with van der Waals surface area (Å²) in [6.07, 6.45) is 0. The summed E-state index contributed by atoms with van der Waals surface area (Å²) in [7, 11) is 0. The molecular formula is C58H36N4. The summed E-state index contributed by atoms with van der Waals surface area (Å²) < 4.78 is 2.33. The van der Waals surface area contributed by atoms with Crippen LogP contribution in [0.2, 0.25) is 0 Å². The molecule has 2 aliphatic rings. The second kappa shape index (κ2) is 13.4. The molecule has 4 nitrogen and oxygen atoms in total. The highest BCUT2D eigenvalue weighted by Gasteiger charge is 2.51. The van der Waals surface area contributed by atoms with Gasteiger partial charge in [-0.25, -0.2) is 15.0 Å². The van der Waals surface area contributed by atoms with Gasteiger partial charge in [-0.05, 0) is 79.9 Å². The fourth-order valence-corrected chi connectivity index (χ4v) is 10.5. The summed E-state index contributed by atoms with van der Waals surface area (Å²) >= 11 is 0. The predicted molar refractivity (Wildman–Crippen MR) is 252 cm³/mol. The maximum atomic E-state index is 5.21. The van der Waals surface area contributed by atoms with Gasteiger partial charge >= 0.3 is 0 Å². The van der Waals surface area contributed by atoms with Gasteiger partial charge in [-0.15, -0.1) is 0 Å².